The number of carbonyl (C=O) groups excluding carboxylic acids is 2. The highest BCUT2D eigenvalue weighted by molar-refractivity contribution is 9.11. The van der Waals surface area contributed by atoms with Crippen molar-refractivity contribution in [1.29, 1.82) is 0 Å². The summed E-state index contributed by atoms with van der Waals surface area (Å²) >= 11 is 12.1. The highest BCUT2D eigenvalue weighted by Gasteiger charge is 2.12. The minimum atomic E-state index is -0.463. The van der Waals surface area contributed by atoms with Gasteiger partial charge in [-0.2, -0.15) is 0 Å². The predicted octanol–water partition coefficient (Wildman–Crippen LogP) is 6.04. The van der Waals surface area contributed by atoms with Crippen LogP contribution in [0.15, 0.2) is 63.5 Å². The van der Waals surface area contributed by atoms with Crippen LogP contribution in [0, 0.1) is 0 Å². The van der Waals surface area contributed by atoms with E-state index in [2.05, 4.69) is 55.0 Å². The monoisotopic (exact) mass is 635 g/mol. The number of hydrazine groups is 1. The third-order valence-corrected chi connectivity index (χ3v) is 6.82. The second kappa shape index (κ2) is 14.2. The molecule has 3 aromatic carbocycles. The van der Waals surface area contributed by atoms with Gasteiger partial charge in [0.1, 0.15) is 11.5 Å². The standard InChI is InChI=1S/C26H27Br2N3O4S/c1-2-3-4-7-14-34-21-12-11-18(15-20(21)27)25(33)29-26(36)31-30-23(32)16-35-22-13-10-17-8-5-6-9-19(17)24(22)28/h5-6,8-13,15H,2-4,7,14,16H2,1H3,(H,30,32)(H2,29,31,33,36). The summed E-state index contributed by atoms with van der Waals surface area (Å²) in [5.41, 5.74) is 5.30. The number of rotatable bonds is 10. The lowest BCUT2D eigenvalue weighted by atomic mass is 10.1. The fourth-order valence-corrected chi connectivity index (χ4v) is 4.55. The molecule has 2 amide bonds. The van der Waals surface area contributed by atoms with Gasteiger partial charge >= 0.3 is 0 Å². The lowest BCUT2D eigenvalue weighted by molar-refractivity contribution is -0.123. The van der Waals surface area contributed by atoms with E-state index in [9.17, 15) is 9.59 Å². The predicted molar refractivity (Wildman–Crippen MR) is 152 cm³/mol. The van der Waals surface area contributed by atoms with Gasteiger partial charge in [0.05, 0.1) is 15.6 Å². The van der Waals surface area contributed by atoms with Crippen molar-refractivity contribution in [3.8, 4) is 11.5 Å². The number of fused-ring (bicyclic) bond motifs is 1. The smallest absolute Gasteiger partial charge is 0.276 e. The molecule has 3 N–H and O–H groups in total. The number of carbonyl (C=O) groups is 2. The van der Waals surface area contributed by atoms with E-state index in [1.54, 1.807) is 24.3 Å². The van der Waals surface area contributed by atoms with Crippen LogP contribution >= 0.6 is 44.1 Å². The number of hydrogen-bond donors (Lipinski definition) is 3. The molecule has 0 aliphatic rings. The van der Waals surface area contributed by atoms with Gasteiger partial charge in [-0.15, -0.1) is 0 Å². The summed E-state index contributed by atoms with van der Waals surface area (Å²) < 4.78 is 12.8. The molecule has 0 spiro atoms. The summed E-state index contributed by atoms with van der Waals surface area (Å²) in [5, 5.41) is 4.51. The summed E-state index contributed by atoms with van der Waals surface area (Å²) in [6.07, 6.45) is 4.47. The zero-order valence-electron chi connectivity index (χ0n) is 19.7. The SMILES string of the molecule is CCCCCCOc1ccc(C(=O)NC(=S)NNC(=O)COc2ccc3ccccc3c2Br)cc1Br. The molecule has 0 aromatic heterocycles. The maximum atomic E-state index is 12.5. The normalized spacial score (nSPS) is 10.5. The fourth-order valence-electron chi connectivity index (χ4n) is 3.31. The Bertz CT molecular complexity index is 1240. The number of hydrogen-bond acceptors (Lipinski definition) is 5. The van der Waals surface area contributed by atoms with Gasteiger partial charge in [0.2, 0.25) is 0 Å². The van der Waals surface area contributed by atoms with Crippen LogP contribution < -0.4 is 25.6 Å². The number of nitrogens with one attached hydrogen (secondary N) is 3. The van der Waals surface area contributed by atoms with Gasteiger partial charge in [-0.05, 0) is 85.5 Å². The van der Waals surface area contributed by atoms with Gasteiger partial charge in [-0.1, -0.05) is 56.5 Å². The molecule has 0 bridgehead atoms. The Labute approximate surface area is 232 Å². The molecule has 7 nitrogen and oxygen atoms in total. The molecule has 0 unspecified atom stereocenters. The Morgan fingerprint density at radius 2 is 1.69 bits per heavy atom. The van der Waals surface area contributed by atoms with Crippen LogP contribution in [0.5, 0.6) is 11.5 Å². The van der Waals surface area contributed by atoms with Crippen molar-refractivity contribution in [3.63, 3.8) is 0 Å². The molecule has 3 rings (SSSR count). The molecule has 0 radical (unpaired) electrons. The summed E-state index contributed by atoms with van der Waals surface area (Å²) in [5.74, 6) is 0.330. The van der Waals surface area contributed by atoms with Crippen LogP contribution in [0.2, 0.25) is 0 Å². The lowest BCUT2D eigenvalue weighted by Crippen LogP contribution is -2.49. The van der Waals surface area contributed by atoms with Crippen molar-refractivity contribution in [3.05, 3.63) is 69.1 Å². The first-order chi connectivity index (χ1) is 17.4. The molecular formula is C26H27Br2N3O4S. The number of ether oxygens (including phenoxy) is 2. The highest BCUT2D eigenvalue weighted by atomic mass is 79.9. The molecule has 0 aliphatic carbocycles. The van der Waals surface area contributed by atoms with E-state index in [1.807, 2.05) is 30.3 Å². The second-order valence-corrected chi connectivity index (χ2v) is 9.95. The van der Waals surface area contributed by atoms with Crippen molar-refractivity contribution in [2.45, 2.75) is 32.6 Å². The van der Waals surface area contributed by atoms with Crippen molar-refractivity contribution in [1.82, 2.24) is 16.2 Å². The third-order valence-electron chi connectivity index (χ3n) is 5.18. The average Bonchev–Trinajstić information content (AvgIpc) is 2.88. The Kier molecular flexibility index (Phi) is 11.0. The molecule has 36 heavy (non-hydrogen) atoms. The maximum Gasteiger partial charge on any atom is 0.276 e. The van der Waals surface area contributed by atoms with Gasteiger partial charge in [0, 0.05) is 5.56 Å². The van der Waals surface area contributed by atoms with Crippen LogP contribution in [0.4, 0.5) is 0 Å². The van der Waals surface area contributed by atoms with Gasteiger partial charge in [0.15, 0.2) is 11.7 Å². The van der Waals surface area contributed by atoms with Crippen LogP contribution in [-0.2, 0) is 4.79 Å². The van der Waals surface area contributed by atoms with E-state index in [0.717, 1.165) is 28.1 Å². The van der Waals surface area contributed by atoms with Gasteiger partial charge in [-0.3, -0.25) is 25.8 Å². The van der Waals surface area contributed by atoms with E-state index in [1.165, 1.54) is 12.8 Å². The fraction of sp³-hybridized carbons (Fsp3) is 0.269. The van der Waals surface area contributed by atoms with E-state index >= 15 is 0 Å². The molecule has 10 heteroatoms. The van der Waals surface area contributed by atoms with Crippen molar-refractivity contribution >= 4 is 71.8 Å². The minimum Gasteiger partial charge on any atom is -0.492 e. The molecule has 0 fully saturated rings. The maximum absolute atomic E-state index is 12.5. The van der Waals surface area contributed by atoms with Gasteiger partial charge in [-0.25, -0.2) is 0 Å². The van der Waals surface area contributed by atoms with Crippen LogP contribution in [0.25, 0.3) is 10.8 Å². The number of amides is 2. The van der Waals surface area contributed by atoms with E-state index in [0.29, 0.717) is 28.1 Å². The molecular weight excluding hydrogens is 610 g/mol. The number of thiocarbonyl (C=S) groups is 1. The Hall–Kier alpha value is -2.69. The summed E-state index contributed by atoms with van der Waals surface area (Å²) in [6.45, 7) is 2.55. The molecule has 0 heterocycles. The number of benzene rings is 3. The number of halogens is 2. The summed E-state index contributed by atoms with van der Waals surface area (Å²) in [6, 6.07) is 16.6. The van der Waals surface area contributed by atoms with Crippen molar-refractivity contribution < 1.29 is 19.1 Å². The third kappa shape index (κ3) is 8.18. The largest absolute Gasteiger partial charge is 0.492 e. The lowest BCUT2D eigenvalue weighted by Gasteiger charge is -2.13. The zero-order valence-corrected chi connectivity index (χ0v) is 23.7. The quantitative estimate of drug-likeness (QED) is 0.143. The Morgan fingerprint density at radius 1 is 0.917 bits per heavy atom. The molecule has 3 aromatic rings. The topological polar surface area (TPSA) is 88.7 Å². The van der Waals surface area contributed by atoms with Gasteiger partial charge < -0.3 is 9.47 Å². The van der Waals surface area contributed by atoms with E-state index < -0.39 is 11.8 Å². The van der Waals surface area contributed by atoms with Crippen LogP contribution in [0.1, 0.15) is 43.0 Å². The van der Waals surface area contributed by atoms with Crippen LogP contribution in [-0.4, -0.2) is 30.1 Å². The zero-order chi connectivity index (χ0) is 25.9. The molecule has 0 aliphatic heterocycles. The highest BCUT2D eigenvalue weighted by Crippen LogP contribution is 2.33. The minimum absolute atomic E-state index is 0.0485. The number of unbranched alkanes of at least 4 members (excludes halogenated alkanes) is 3. The van der Waals surface area contributed by atoms with E-state index in [-0.39, 0.29) is 11.7 Å². The second-order valence-electron chi connectivity index (χ2n) is 7.90. The van der Waals surface area contributed by atoms with Crippen molar-refractivity contribution in [2.24, 2.45) is 0 Å². The molecule has 0 saturated carbocycles. The van der Waals surface area contributed by atoms with E-state index in [4.69, 9.17) is 21.7 Å². The summed E-state index contributed by atoms with van der Waals surface area (Å²) in [7, 11) is 0. The van der Waals surface area contributed by atoms with Gasteiger partial charge in [0.25, 0.3) is 11.8 Å². The first-order valence-corrected chi connectivity index (χ1v) is 13.5. The first kappa shape index (κ1) is 27.9. The Morgan fingerprint density at radius 3 is 2.47 bits per heavy atom. The van der Waals surface area contributed by atoms with Crippen LogP contribution in [0.3, 0.4) is 0 Å². The average molecular weight is 637 g/mol. The van der Waals surface area contributed by atoms with Crippen molar-refractivity contribution in [2.75, 3.05) is 13.2 Å². The molecule has 190 valence electrons. The first-order valence-electron chi connectivity index (χ1n) is 11.5. The molecule has 0 atom stereocenters. The summed E-state index contributed by atoms with van der Waals surface area (Å²) in [4.78, 5) is 24.7. The Balaban J connectivity index is 1.42. The molecule has 0 saturated heterocycles.